The number of ether oxygens (including phenoxy) is 1. The van der Waals surface area contributed by atoms with Crippen molar-refractivity contribution in [1.82, 2.24) is 15.3 Å². The van der Waals surface area contributed by atoms with Crippen molar-refractivity contribution in [3.8, 4) is 11.8 Å². The number of hydrogen-bond donors (Lipinski definition) is 1. The van der Waals surface area contributed by atoms with E-state index in [-0.39, 0.29) is 6.01 Å². The standard InChI is InChI=1S/C16H17F3N4O/c1-11-10-12(2-3-13(11)23-8-6-20-7-9-23)24-15-21-5-4-14(22-15)16(17,18)19/h2-5,10,20H,6-9H2,1H3. The van der Waals surface area contributed by atoms with Gasteiger partial charge in [-0.3, -0.25) is 0 Å². The fourth-order valence-corrected chi connectivity index (χ4v) is 2.61. The van der Waals surface area contributed by atoms with Crippen LogP contribution in [0.3, 0.4) is 0 Å². The fraction of sp³-hybridized carbons (Fsp3) is 0.375. The maximum Gasteiger partial charge on any atom is 0.433 e. The highest BCUT2D eigenvalue weighted by molar-refractivity contribution is 5.56. The first-order chi connectivity index (χ1) is 11.4. The molecule has 0 aliphatic carbocycles. The van der Waals surface area contributed by atoms with Crippen LogP contribution < -0.4 is 15.0 Å². The van der Waals surface area contributed by atoms with Gasteiger partial charge in [0, 0.05) is 38.1 Å². The van der Waals surface area contributed by atoms with Gasteiger partial charge in [0.05, 0.1) is 0 Å². The number of halogens is 3. The third kappa shape index (κ3) is 3.76. The normalized spacial score (nSPS) is 15.4. The van der Waals surface area contributed by atoms with Crippen molar-refractivity contribution in [2.45, 2.75) is 13.1 Å². The highest BCUT2D eigenvalue weighted by atomic mass is 19.4. The van der Waals surface area contributed by atoms with Crippen LogP contribution in [0.25, 0.3) is 0 Å². The van der Waals surface area contributed by atoms with E-state index in [0.717, 1.165) is 49.7 Å². The molecule has 1 aromatic heterocycles. The van der Waals surface area contributed by atoms with Crippen molar-refractivity contribution in [1.29, 1.82) is 0 Å². The Labute approximate surface area is 137 Å². The molecule has 8 heteroatoms. The summed E-state index contributed by atoms with van der Waals surface area (Å²) in [5, 5.41) is 3.29. The van der Waals surface area contributed by atoms with E-state index in [1.54, 1.807) is 12.1 Å². The van der Waals surface area contributed by atoms with Crippen LogP contribution in [0.1, 0.15) is 11.3 Å². The number of aryl methyl sites for hydroxylation is 1. The van der Waals surface area contributed by atoms with E-state index in [1.165, 1.54) is 0 Å². The SMILES string of the molecule is Cc1cc(Oc2nccc(C(F)(F)F)n2)ccc1N1CCNCC1. The van der Waals surface area contributed by atoms with E-state index in [9.17, 15) is 13.2 Å². The van der Waals surface area contributed by atoms with Gasteiger partial charge in [0.2, 0.25) is 0 Å². The van der Waals surface area contributed by atoms with Gasteiger partial charge < -0.3 is 15.0 Å². The van der Waals surface area contributed by atoms with Crippen molar-refractivity contribution in [3.05, 3.63) is 41.7 Å². The Hall–Kier alpha value is -2.35. The zero-order valence-corrected chi connectivity index (χ0v) is 13.1. The van der Waals surface area contributed by atoms with Crippen molar-refractivity contribution < 1.29 is 17.9 Å². The number of rotatable bonds is 3. The molecule has 2 heterocycles. The molecule has 0 atom stereocenters. The van der Waals surface area contributed by atoms with E-state index in [2.05, 4.69) is 20.2 Å². The molecule has 2 aromatic rings. The summed E-state index contributed by atoms with van der Waals surface area (Å²) in [5.74, 6) is 0.408. The van der Waals surface area contributed by atoms with Crippen molar-refractivity contribution >= 4 is 5.69 Å². The van der Waals surface area contributed by atoms with Gasteiger partial charge in [-0.15, -0.1) is 0 Å². The van der Waals surface area contributed by atoms with Crippen molar-refractivity contribution in [2.75, 3.05) is 31.1 Å². The molecule has 0 amide bonds. The number of aromatic nitrogens is 2. The minimum atomic E-state index is -4.52. The molecule has 0 radical (unpaired) electrons. The lowest BCUT2D eigenvalue weighted by Gasteiger charge is -2.30. The molecule has 1 fully saturated rings. The highest BCUT2D eigenvalue weighted by Crippen LogP contribution is 2.30. The van der Waals surface area contributed by atoms with Gasteiger partial charge in [-0.25, -0.2) is 4.98 Å². The van der Waals surface area contributed by atoms with Crippen LogP contribution in [0.2, 0.25) is 0 Å². The molecule has 1 aliphatic heterocycles. The molecule has 24 heavy (non-hydrogen) atoms. The average Bonchev–Trinajstić information content (AvgIpc) is 2.55. The second-order valence-corrected chi connectivity index (χ2v) is 5.51. The van der Waals surface area contributed by atoms with Gasteiger partial charge in [0.1, 0.15) is 5.75 Å². The van der Waals surface area contributed by atoms with E-state index < -0.39 is 11.9 Å². The number of nitrogens with one attached hydrogen (secondary N) is 1. The number of benzene rings is 1. The van der Waals surface area contributed by atoms with Crippen LogP contribution in [-0.2, 0) is 6.18 Å². The Morgan fingerprint density at radius 1 is 1.17 bits per heavy atom. The van der Waals surface area contributed by atoms with Crippen molar-refractivity contribution in [3.63, 3.8) is 0 Å². The van der Waals surface area contributed by atoms with Crippen LogP contribution >= 0.6 is 0 Å². The van der Waals surface area contributed by atoms with Gasteiger partial charge in [0.25, 0.3) is 0 Å². The maximum absolute atomic E-state index is 12.7. The molecular formula is C16H17F3N4O. The monoisotopic (exact) mass is 338 g/mol. The Balaban J connectivity index is 1.77. The lowest BCUT2D eigenvalue weighted by Crippen LogP contribution is -2.43. The predicted octanol–water partition coefficient (Wildman–Crippen LogP) is 3.01. The van der Waals surface area contributed by atoms with Crippen LogP contribution in [0.5, 0.6) is 11.8 Å². The molecule has 1 saturated heterocycles. The Bertz CT molecular complexity index is 715. The summed E-state index contributed by atoms with van der Waals surface area (Å²) in [6, 6.07) is 5.89. The second kappa shape index (κ2) is 6.64. The van der Waals surface area contributed by atoms with Gasteiger partial charge >= 0.3 is 12.2 Å². The zero-order valence-electron chi connectivity index (χ0n) is 13.1. The third-order valence-corrected chi connectivity index (χ3v) is 3.76. The summed E-state index contributed by atoms with van der Waals surface area (Å²) in [7, 11) is 0. The Morgan fingerprint density at radius 2 is 1.92 bits per heavy atom. The minimum Gasteiger partial charge on any atom is -0.424 e. The largest absolute Gasteiger partial charge is 0.433 e. The molecule has 5 nitrogen and oxygen atoms in total. The molecule has 0 bridgehead atoms. The molecular weight excluding hydrogens is 321 g/mol. The smallest absolute Gasteiger partial charge is 0.424 e. The molecule has 0 spiro atoms. The molecule has 0 unspecified atom stereocenters. The summed E-state index contributed by atoms with van der Waals surface area (Å²) >= 11 is 0. The topological polar surface area (TPSA) is 50.3 Å². The molecule has 0 saturated carbocycles. The summed E-state index contributed by atoms with van der Waals surface area (Å²) < 4.78 is 43.4. The Morgan fingerprint density at radius 3 is 2.58 bits per heavy atom. The van der Waals surface area contributed by atoms with E-state index in [0.29, 0.717) is 5.75 Å². The zero-order chi connectivity index (χ0) is 17.2. The summed E-state index contributed by atoms with van der Waals surface area (Å²) in [6.07, 6.45) is -3.49. The molecule has 128 valence electrons. The van der Waals surface area contributed by atoms with E-state index >= 15 is 0 Å². The average molecular weight is 338 g/mol. The van der Waals surface area contributed by atoms with Crippen molar-refractivity contribution in [2.24, 2.45) is 0 Å². The number of nitrogens with zero attached hydrogens (tertiary/aromatic N) is 3. The van der Waals surface area contributed by atoms with Gasteiger partial charge in [-0.05, 0) is 36.8 Å². The van der Waals surface area contributed by atoms with Crippen LogP contribution in [0.4, 0.5) is 18.9 Å². The summed E-state index contributed by atoms with van der Waals surface area (Å²) in [6.45, 7) is 5.62. The third-order valence-electron chi connectivity index (χ3n) is 3.76. The summed E-state index contributed by atoms with van der Waals surface area (Å²) in [5.41, 5.74) is 1.05. The predicted molar refractivity (Wildman–Crippen MR) is 83.4 cm³/mol. The molecule has 3 rings (SSSR count). The second-order valence-electron chi connectivity index (χ2n) is 5.51. The van der Waals surface area contributed by atoms with Gasteiger partial charge in [-0.2, -0.15) is 18.2 Å². The lowest BCUT2D eigenvalue weighted by molar-refractivity contribution is -0.141. The van der Waals surface area contributed by atoms with E-state index in [1.807, 2.05) is 13.0 Å². The summed E-state index contributed by atoms with van der Waals surface area (Å²) in [4.78, 5) is 9.40. The highest BCUT2D eigenvalue weighted by Gasteiger charge is 2.33. The lowest BCUT2D eigenvalue weighted by atomic mass is 10.1. The molecule has 1 N–H and O–H groups in total. The first-order valence-electron chi connectivity index (χ1n) is 7.58. The van der Waals surface area contributed by atoms with Gasteiger partial charge in [-0.1, -0.05) is 0 Å². The molecule has 1 aromatic carbocycles. The number of anilines is 1. The van der Waals surface area contributed by atoms with Crippen LogP contribution in [0, 0.1) is 6.92 Å². The van der Waals surface area contributed by atoms with Crippen LogP contribution in [0.15, 0.2) is 30.5 Å². The Kier molecular flexibility index (Phi) is 4.57. The number of piperazine rings is 1. The molecule has 1 aliphatic rings. The van der Waals surface area contributed by atoms with E-state index in [4.69, 9.17) is 4.74 Å². The quantitative estimate of drug-likeness (QED) is 0.932. The van der Waals surface area contributed by atoms with Crippen LogP contribution in [-0.4, -0.2) is 36.1 Å². The first kappa shape index (κ1) is 16.5. The minimum absolute atomic E-state index is 0.320. The maximum atomic E-state index is 12.7. The number of alkyl halides is 3. The first-order valence-corrected chi connectivity index (χ1v) is 7.58. The van der Waals surface area contributed by atoms with Gasteiger partial charge in [0.15, 0.2) is 5.69 Å². The fourth-order valence-electron chi connectivity index (χ4n) is 2.61. The number of hydrogen-bond acceptors (Lipinski definition) is 5.